The molecule has 0 radical (unpaired) electrons. The van der Waals surface area contributed by atoms with Gasteiger partial charge in [-0.3, -0.25) is 14.4 Å². The van der Waals surface area contributed by atoms with Gasteiger partial charge in [-0.2, -0.15) is 0 Å². The molecule has 6 rings (SSSR count). The lowest BCUT2D eigenvalue weighted by molar-refractivity contribution is -0.400. The van der Waals surface area contributed by atoms with Crippen molar-refractivity contribution in [1.82, 2.24) is 0 Å². The monoisotopic (exact) mass is 1250 g/mol. The first-order valence-electron chi connectivity index (χ1n) is 32.9. The van der Waals surface area contributed by atoms with Crippen LogP contribution in [0.3, 0.4) is 0 Å². The molecular formula is C62H108O25. The summed E-state index contributed by atoms with van der Waals surface area (Å²) < 4.78 is 82.0. The molecule has 6 aliphatic heterocycles. The third-order valence-electron chi connectivity index (χ3n) is 17.7. The van der Waals surface area contributed by atoms with E-state index in [1.54, 1.807) is 6.92 Å². The number of fused-ring (bicyclic) bond motifs is 2. The van der Waals surface area contributed by atoms with Crippen molar-refractivity contribution in [1.29, 1.82) is 0 Å². The van der Waals surface area contributed by atoms with Gasteiger partial charge in [0.05, 0.1) is 37.1 Å². The van der Waals surface area contributed by atoms with Crippen LogP contribution in [-0.4, -0.2) is 230 Å². The molecule has 25 heteroatoms. The van der Waals surface area contributed by atoms with Crippen LogP contribution in [0.5, 0.6) is 0 Å². The molecule has 87 heavy (non-hydrogen) atoms. The lowest BCUT2D eigenvalue weighted by Crippen LogP contribution is -2.68. The molecule has 0 spiro atoms. The van der Waals surface area contributed by atoms with Crippen LogP contribution in [0.4, 0.5) is 0 Å². The molecular weight excluding hydrogens is 1140 g/mol. The Morgan fingerprint density at radius 3 is 1.62 bits per heavy atom. The highest BCUT2D eigenvalue weighted by molar-refractivity contribution is 5.70. The predicted octanol–water partition coefficient (Wildman–Crippen LogP) is 4.06. The van der Waals surface area contributed by atoms with E-state index in [0.29, 0.717) is 38.5 Å². The minimum absolute atomic E-state index is 0.0357. The minimum Gasteiger partial charge on any atom is -0.457 e. The van der Waals surface area contributed by atoms with Crippen molar-refractivity contribution in [3.05, 3.63) is 0 Å². The van der Waals surface area contributed by atoms with E-state index in [0.717, 1.165) is 103 Å². The average Bonchev–Trinajstić information content (AvgIpc) is 1.34. The number of esters is 3. The van der Waals surface area contributed by atoms with Gasteiger partial charge in [0, 0.05) is 19.3 Å². The van der Waals surface area contributed by atoms with E-state index in [1.807, 2.05) is 6.92 Å². The molecule has 0 aliphatic carbocycles. The second-order valence-corrected chi connectivity index (χ2v) is 24.9. The smallest absolute Gasteiger partial charge is 0.306 e. The number of unbranched alkanes of at least 4 members (excludes halogenated alkanes) is 10. The molecule has 25 nitrogen and oxygen atoms in total. The standard InChI is InChI=1S/C62H108O25/c1-8-11-14-15-17-21-27-32-42(66)83-57-56(87-59-48(72)45(69)44(68)39(33-63)80-59)53(85-58-49(73)47(71)51(35(5)76-58)81-40(64)30-24-13-10-3)37(7)78-62(57)84-52-36(6)77-61-55(50(52)74)82-41(65)31-26-22-19-16-18-20-25-29-38(28-23-12-9-2)79-60-54(86-61)46(70)43(67)34(4)75-60/h34-39,43-63,67-74H,8-33H2,1-7H3/t34-,35+,36+,37+,38+,39-,43+,44-,45+,46+,47+,48-,49-,50-,51+,52+,53+,54-,55-,56-,57-,58+,59+,60+,61+,62+/m1/s1. The van der Waals surface area contributed by atoms with Gasteiger partial charge >= 0.3 is 17.9 Å². The molecule has 506 valence electrons. The van der Waals surface area contributed by atoms with Gasteiger partial charge in [0.2, 0.25) is 0 Å². The average molecular weight is 1250 g/mol. The summed E-state index contributed by atoms with van der Waals surface area (Å²) in [4.78, 5) is 41.0. The van der Waals surface area contributed by atoms with Crippen LogP contribution in [0.2, 0.25) is 0 Å². The van der Waals surface area contributed by atoms with Gasteiger partial charge in [-0.05, 0) is 59.8 Å². The molecule has 0 aromatic rings. The topological polar surface area (TPSA) is 353 Å². The molecule has 6 fully saturated rings. The van der Waals surface area contributed by atoms with Crippen LogP contribution in [0.1, 0.15) is 209 Å². The molecule has 6 heterocycles. The Morgan fingerprint density at radius 2 is 0.943 bits per heavy atom. The lowest BCUT2D eigenvalue weighted by atomic mass is 9.95. The van der Waals surface area contributed by atoms with Crippen molar-refractivity contribution >= 4 is 17.9 Å². The highest BCUT2D eigenvalue weighted by Gasteiger charge is 2.59. The number of hydrogen-bond donors (Lipinski definition) is 9. The molecule has 0 bridgehead atoms. The molecule has 0 unspecified atom stereocenters. The molecule has 9 N–H and O–H groups in total. The van der Waals surface area contributed by atoms with E-state index >= 15 is 0 Å². The zero-order valence-corrected chi connectivity index (χ0v) is 52.5. The van der Waals surface area contributed by atoms with Gasteiger partial charge in [-0.1, -0.05) is 130 Å². The van der Waals surface area contributed by atoms with Crippen molar-refractivity contribution in [3.8, 4) is 0 Å². The van der Waals surface area contributed by atoms with E-state index in [4.69, 9.17) is 61.6 Å². The number of aliphatic hydroxyl groups is 9. The van der Waals surface area contributed by atoms with Crippen molar-refractivity contribution in [2.75, 3.05) is 6.61 Å². The summed E-state index contributed by atoms with van der Waals surface area (Å²) in [7, 11) is 0. The summed E-state index contributed by atoms with van der Waals surface area (Å²) >= 11 is 0. The van der Waals surface area contributed by atoms with Crippen molar-refractivity contribution in [2.45, 2.75) is 369 Å². The largest absolute Gasteiger partial charge is 0.457 e. The van der Waals surface area contributed by atoms with Crippen LogP contribution in [0.15, 0.2) is 0 Å². The molecule has 0 amide bonds. The van der Waals surface area contributed by atoms with Gasteiger partial charge in [-0.15, -0.1) is 0 Å². The van der Waals surface area contributed by atoms with E-state index in [1.165, 1.54) is 20.8 Å². The second-order valence-electron chi connectivity index (χ2n) is 24.9. The summed E-state index contributed by atoms with van der Waals surface area (Å²) in [6.07, 6.45) is -21.5. The van der Waals surface area contributed by atoms with E-state index in [-0.39, 0.29) is 25.4 Å². The lowest BCUT2D eigenvalue weighted by Gasteiger charge is -2.51. The van der Waals surface area contributed by atoms with E-state index in [9.17, 15) is 60.3 Å². The Bertz CT molecular complexity index is 1970. The fourth-order valence-electron chi connectivity index (χ4n) is 12.3. The van der Waals surface area contributed by atoms with Crippen LogP contribution in [0.25, 0.3) is 0 Å². The third-order valence-corrected chi connectivity index (χ3v) is 17.7. The first-order valence-corrected chi connectivity index (χ1v) is 32.9. The maximum Gasteiger partial charge on any atom is 0.306 e. The Morgan fingerprint density at radius 1 is 0.437 bits per heavy atom. The number of hydrogen-bond acceptors (Lipinski definition) is 25. The number of rotatable bonds is 25. The van der Waals surface area contributed by atoms with E-state index < -0.39 is 178 Å². The SMILES string of the molecule is CCCCCCCCCC(=O)O[C@H]1[C@H](O[C@@H]2[C@@H](O)[C@H]3OC(=O)CCCCCCCCC[C@H](CCCCC)O[C@@H]4O[C@H](C)[C@H](O)[C@H](O)[C@H]4O[C@@H]3O[C@H]2C)O[C@@H](C)[C@H](O[C@@H]2O[C@@H](C)[C@H](OC(=O)CCCCC)[C@@H](O)[C@H]2O)[C@H]1O[C@@H]1O[C@H](CO)[C@@H](O)[C@H](O)[C@H]1O. The molecule has 0 aromatic heterocycles. The summed E-state index contributed by atoms with van der Waals surface area (Å²) in [5, 5.41) is 102. The molecule has 0 saturated carbocycles. The first-order chi connectivity index (χ1) is 41.7. The molecule has 0 aromatic carbocycles. The Labute approximate surface area is 513 Å². The van der Waals surface area contributed by atoms with Crippen molar-refractivity contribution in [3.63, 3.8) is 0 Å². The number of carbonyl (C=O) groups excluding carboxylic acids is 3. The van der Waals surface area contributed by atoms with E-state index in [2.05, 4.69) is 13.8 Å². The number of carbonyl (C=O) groups is 3. The predicted molar refractivity (Wildman–Crippen MR) is 308 cm³/mol. The summed E-state index contributed by atoms with van der Waals surface area (Å²) in [5.74, 6) is -2.10. The Kier molecular flexibility index (Phi) is 31.7. The molecule has 6 saturated heterocycles. The van der Waals surface area contributed by atoms with Crippen LogP contribution in [-0.2, 0) is 76.0 Å². The van der Waals surface area contributed by atoms with Crippen molar-refractivity contribution < 1.29 is 122 Å². The van der Waals surface area contributed by atoms with Crippen LogP contribution >= 0.6 is 0 Å². The normalized spacial score (nSPS) is 41.3. The zero-order chi connectivity index (χ0) is 63.3. The maximum absolute atomic E-state index is 14.3. The van der Waals surface area contributed by atoms with Gasteiger partial charge in [-0.25, -0.2) is 0 Å². The second kappa shape index (κ2) is 37.4. The van der Waals surface area contributed by atoms with Crippen molar-refractivity contribution in [2.24, 2.45) is 0 Å². The maximum atomic E-state index is 14.3. The van der Waals surface area contributed by atoms with Gasteiger partial charge < -0.3 is 108 Å². The minimum atomic E-state index is -2.01. The van der Waals surface area contributed by atoms with Crippen LogP contribution in [0, 0.1) is 0 Å². The fourth-order valence-corrected chi connectivity index (χ4v) is 12.3. The first kappa shape index (κ1) is 73.7. The number of ether oxygens (including phenoxy) is 13. The fraction of sp³-hybridized carbons (Fsp3) is 0.952. The highest BCUT2D eigenvalue weighted by atomic mass is 16.8. The third kappa shape index (κ3) is 21.1. The highest BCUT2D eigenvalue weighted by Crippen LogP contribution is 2.39. The van der Waals surface area contributed by atoms with Gasteiger partial charge in [0.1, 0.15) is 79.4 Å². The quantitative estimate of drug-likeness (QED) is 0.0353. The molecule has 26 atom stereocenters. The van der Waals surface area contributed by atoms with Crippen LogP contribution < -0.4 is 0 Å². The van der Waals surface area contributed by atoms with Gasteiger partial charge in [0.25, 0.3) is 0 Å². The Balaban J connectivity index is 1.35. The summed E-state index contributed by atoms with van der Waals surface area (Å²) in [5.41, 5.74) is 0. The summed E-state index contributed by atoms with van der Waals surface area (Å²) in [6.45, 7) is 11.5. The summed E-state index contributed by atoms with van der Waals surface area (Å²) in [6, 6.07) is 0. The zero-order valence-electron chi connectivity index (χ0n) is 52.5. The number of aliphatic hydroxyl groups excluding tert-OH is 9. The van der Waals surface area contributed by atoms with Gasteiger partial charge in [0.15, 0.2) is 49.8 Å². The molecule has 6 aliphatic rings. The Hall–Kier alpha value is -2.35.